The largest absolute Gasteiger partial charge is 0.309 e. The van der Waals surface area contributed by atoms with Gasteiger partial charge in [0.25, 0.3) is 0 Å². The van der Waals surface area contributed by atoms with Crippen LogP contribution in [-0.2, 0) is 0 Å². The van der Waals surface area contributed by atoms with E-state index in [0.717, 1.165) is 5.69 Å². The SMILES string of the molecule is c1ccc(-c2ccc3c(c2)c2cc(-c4ccccc4)ccc2n3-c2ccccc2-c2ccccc2-c2ccc(-c3ccccc3)c3sc4ccccc4c23)cc1. The monoisotopic (exact) mass is 729 g/mol. The van der Waals surface area contributed by atoms with Gasteiger partial charge in [0.1, 0.15) is 0 Å². The van der Waals surface area contributed by atoms with Crippen molar-refractivity contribution in [2.45, 2.75) is 0 Å². The Morgan fingerprint density at radius 1 is 0.304 bits per heavy atom. The minimum Gasteiger partial charge on any atom is -0.309 e. The van der Waals surface area contributed by atoms with Gasteiger partial charge in [-0.05, 0) is 86.5 Å². The van der Waals surface area contributed by atoms with E-state index < -0.39 is 0 Å². The van der Waals surface area contributed by atoms with E-state index in [0.29, 0.717) is 0 Å². The number of nitrogens with zero attached hydrogens (tertiary/aromatic N) is 1. The fourth-order valence-electron chi connectivity index (χ4n) is 8.65. The van der Waals surface area contributed by atoms with Crippen molar-refractivity contribution in [1.29, 1.82) is 0 Å². The van der Waals surface area contributed by atoms with Crippen molar-refractivity contribution >= 4 is 53.3 Å². The first-order valence-corrected chi connectivity index (χ1v) is 20.0. The average molecular weight is 730 g/mol. The number of hydrogen-bond donors (Lipinski definition) is 0. The Morgan fingerprint density at radius 3 is 1.41 bits per heavy atom. The molecule has 0 saturated heterocycles. The van der Waals surface area contributed by atoms with Crippen molar-refractivity contribution in [1.82, 2.24) is 4.57 Å². The third kappa shape index (κ3) is 5.30. The molecule has 2 aromatic heterocycles. The minimum absolute atomic E-state index is 1.16. The molecule has 0 aliphatic rings. The summed E-state index contributed by atoms with van der Waals surface area (Å²) in [6.07, 6.45) is 0. The van der Waals surface area contributed by atoms with Crippen molar-refractivity contribution in [3.8, 4) is 61.3 Å². The van der Waals surface area contributed by atoms with Crippen LogP contribution in [0, 0.1) is 0 Å². The van der Waals surface area contributed by atoms with Crippen LogP contribution in [-0.4, -0.2) is 4.57 Å². The molecule has 262 valence electrons. The van der Waals surface area contributed by atoms with E-state index in [1.807, 2.05) is 11.3 Å². The Hall–Kier alpha value is -7.00. The minimum atomic E-state index is 1.16. The molecule has 1 nitrogen and oxygen atoms in total. The number of rotatable bonds is 6. The van der Waals surface area contributed by atoms with Crippen molar-refractivity contribution in [2.24, 2.45) is 0 Å². The molecule has 11 aromatic rings. The zero-order valence-corrected chi connectivity index (χ0v) is 31.4. The van der Waals surface area contributed by atoms with Crippen LogP contribution in [0.2, 0.25) is 0 Å². The van der Waals surface area contributed by atoms with E-state index in [9.17, 15) is 0 Å². The predicted molar refractivity (Wildman–Crippen MR) is 241 cm³/mol. The molecule has 0 amide bonds. The summed E-state index contributed by atoms with van der Waals surface area (Å²) in [7, 11) is 0. The third-order valence-corrected chi connectivity index (χ3v) is 12.4. The molecular formula is C54H35NS. The molecule has 0 aliphatic carbocycles. The topological polar surface area (TPSA) is 4.93 Å². The van der Waals surface area contributed by atoms with E-state index in [2.05, 4.69) is 217 Å². The third-order valence-electron chi connectivity index (χ3n) is 11.2. The van der Waals surface area contributed by atoms with Gasteiger partial charge in [0.15, 0.2) is 0 Å². The van der Waals surface area contributed by atoms with E-state index in [4.69, 9.17) is 0 Å². The smallest absolute Gasteiger partial charge is 0.0541 e. The Labute approximate surface area is 330 Å². The van der Waals surface area contributed by atoms with Crippen molar-refractivity contribution in [3.63, 3.8) is 0 Å². The number of aromatic nitrogens is 1. The summed E-state index contributed by atoms with van der Waals surface area (Å²) in [6.45, 7) is 0. The quantitative estimate of drug-likeness (QED) is 0.161. The maximum Gasteiger partial charge on any atom is 0.0541 e. The summed E-state index contributed by atoms with van der Waals surface area (Å²) in [5.74, 6) is 0. The van der Waals surface area contributed by atoms with Gasteiger partial charge in [-0.3, -0.25) is 0 Å². The predicted octanol–water partition coefficient (Wildman–Crippen LogP) is 15.5. The Kier molecular flexibility index (Phi) is 7.75. The van der Waals surface area contributed by atoms with E-state index in [-0.39, 0.29) is 0 Å². The molecule has 2 heterocycles. The number of benzene rings is 9. The van der Waals surface area contributed by atoms with Crippen LogP contribution in [0.4, 0.5) is 0 Å². The lowest BCUT2D eigenvalue weighted by atomic mass is 9.89. The summed E-state index contributed by atoms with van der Waals surface area (Å²) in [4.78, 5) is 0. The molecule has 0 radical (unpaired) electrons. The van der Waals surface area contributed by atoms with Gasteiger partial charge >= 0.3 is 0 Å². The molecule has 0 N–H and O–H groups in total. The molecule has 0 aliphatic heterocycles. The molecule has 0 spiro atoms. The van der Waals surface area contributed by atoms with Gasteiger partial charge in [0, 0.05) is 36.5 Å². The molecule has 0 fully saturated rings. The number of fused-ring (bicyclic) bond motifs is 6. The second-order valence-corrected chi connectivity index (χ2v) is 15.5. The first kappa shape index (κ1) is 32.4. The van der Waals surface area contributed by atoms with Gasteiger partial charge < -0.3 is 4.57 Å². The summed E-state index contributed by atoms with van der Waals surface area (Å²) < 4.78 is 5.11. The highest BCUT2D eigenvalue weighted by atomic mass is 32.1. The van der Waals surface area contributed by atoms with Gasteiger partial charge in [0.2, 0.25) is 0 Å². The molecular weight excluding hydrogens is 695 g/mol. The summed E-state index contributed by atoms with van der Waals surface area (Å²) >= 11 is 1.89. The summed E-state index contributed by atoms with van der Waals surface area (Å²) in [6, 6.07) is 77.6. The van der Waals surface area contributed by atoms with Crippen LogP contribution in [0.15, 0.2) is 212 Å². The fourth-order valence-corrected chi connectivity index (χ4v) is 9.91. The normalized spacial score (nSPS) is 11.6. The van der Waals surface area contributed by atoms with E-state index >= 15 is 0 Å². The Balaban J connectivity index is 1.16. The lowest BCUT2D eigenvalue weighted by Gasteiger charge is -2.18. The summed E-state index contributed by atoms with van der Waals surface area (Å²) in [5.41, 5.74) is 15.8. The molecule has 56 heavy (non-hydrogen) atoms. The van der Waals surface area contributed by atoms with Gasteiger partial charge in [-0.1, -0.05) is 176 Å². The highest BCUT2D eigenvalue weighted by molar-refractivity contribution is 7.26. The molecule has 9 aromatic carbocycles. The van der Waals surface area contributed by atoms with Crippen LogP contribution in [0.3, 0.4) is 0 Å². The second kappa shape index (κ2) is 13.4. The highest BCUT2D eigenvalue weighted by Gasteiger charge is 2.21. The van der Waals surface area contributed by atoms with E-state index in [1.165, 1.54) is 97.6 Å². The van der Waals surface area contributed by atoms with Crippen LogP contribution in [0.5, 0.6) is 0 Å². The number of thiophene rings is 1. The zero-order chi connectivity index (χ0) is 37.0. The van der Waals surface area contributed by atoms with Crippen LogP contribution < -0.4 is 0 Å². The number of para-hydroxylation sites is 1. The van der Waals surface area contributed by atoms with Crippen LogP contribution in [0.25, 0.3) is 103 Å². The fraction of sp³-hybridized carbons (Fsp3) is 0. The Morgan fingerprint density at radius 2 is 0.786 bits per heavy atom. The first-order chi connectivity index (χ1) is 27.8. The molecule has 0 bridgehead atoms. The van der Waals surface area contributed by atoms with Crippen molar-refractivity contribution < 1.29 is 0 Å². The van der Waals surface area contributed by atoms with Crippen LogP contribution in [0.1, 0.15) is 0 Å². The van der Waals surface area contributed by atoms with Gasteiger partial charge in [0.05, 0.1) is 16.7 Å². The molecule has 0 atom stereocenters. The number of hydrogen-bond acceptors (Lipinski definition) is 1. The standard InChI is InChI=1S/C54H35NS/c1-4-16-36(17-5-1)39-28-32-50-47(34-39)48-35-40(37-18-6-2-7-19-37)29-33-51(48)55(50)49-26-14-12-24-44(49)42-22-10-11-23-43(42)45-31-30-41(38-20-8-3-9-21-38)54-53(45)46-25-13-15-27-52(46)56-54/h1-35H. The summed E-state index contributed by atoms with van der Waals surface area (Å²) in [5, 5.41) is 5.10. The van der Waals surface area contributed by atoms with Crippen molar-refractivity contribution in [2.75, 3.05) is 0 Å². The molecule has 0 saturated carbocycles. The van der Waals surface area contributed by atoms with Crippen molar-refractivity contribution in [3.05, 3.63) is 212 Å². The van der Waals surface area contributed by atoms with Gasteiger partial charge in [-0.15, -0.1) is 11.3 Å². The maximum absolute atomic E-state index is 2.48. The highest BCUT2D eigenvalue weighted by Crippen LogP contribution is 2.48. The van der Waals surface area contributed by atoms with Crippen LogP contribution >= 0.6 is 11.3 Å². The maximum atomic E-state index is 2.48. The second-order valence-electron chi connectivity index (χ2n) is 14.4. The molecule has 0 unspecified atom stereocenters. The lowest BCUT2D eigenvalue weighted by Crippen LogP contribution is -1.98. The van der Waals surface area contributed by atoms with Gasteiger partial charge in [-0.2, -0.15) is 0 Å². The lowest BCUT2D eigenvalue weighted by molar-refractivity contribution is 1.18. The average Bonchev–Trinajstić information content (AvgIpc) is 3.83. The first-order valence-electron chi connectivity index (χ1n) is 19.2. The van der Waals surface area contributed by atoms with Gasteiger partial charge in [-0.25, -0.2) is 0 Å². The molecule has 2 heteroatoms. The van der Waals surface area contributed by atoms with E-state index in [1.54, 1.807) is 0 Å². The zero-order valence-electron chi connectivity index (χ0n) is 30.6. The molecule has 11 rings (SSSR count). The Bertz CT molecular complexity index is 3130.